The van der Waals surface area contributed by atoms with Crippen molar-refractivity contribution < 1.29 is 19.4 Å². The van der Waals surface area contributed by atoms with Gasteiger partial charge in [0, 0.05) is 0 Å². The number of nitriles is 1. The maximum atomic E-state index is 11.2. The van der Waals surface area contributed by atoms with Crippen LogP contribution in [-0.2, 0) is 14.3 Å². The van der Waals surface area contributed by atoms with E-state index in [-0.39, 0.29) is 5.57 Å². The average molecular weight is 225 g/mol. The van der Waals surface area contributed by atoms with Gasteiger partial charge in [-0.2, -0.15) is 5.26 Å². The highest BCUT2D eigenvalue weighted by Crippen LogP contribution is 2.03. The molecule has 0 aromatic carbocycles. The summed E-state index contributed by atoms with van der Waals surface area (Å²) in [6, 6.07) is 1.66. The number of esters is 2. The van der Waals surface area contributed by atoms with Crippen molar-refractivity contribution in [2.24, 2.45) is 0 Å². The van der Waals surface area contributed by atoms with Crippen LogP contribution in [0.4, 0.5) is 0 Å². The van der Waals surface area contributed by atoms with Gasteiger partial charge < -0.3 is 9.84 Å². The number of allylic oxidation sites excluding steroid dienone is 1. The third-order valence-electron chi connectivity index (χ3n) is 1.78. The van der Waals surface area contributed by atoms with Crippen LogP contribution < -0.4 is 0 Å². The van der Waals surface area contributed by atoms with Crippen LogP contribution in [0.2, 0.25) is 0 Å². The third kappa shape index (κ3) is 5.27. The van der Waals surface area contributed by atoms with Gasteiger partial charge in [-0.05, 0) is 13.3 Å². The third-order valence-corrected chi connectivity index (χ3v) is 1.78. The zero-order chi connectivity index (χ0) is 12.6. The van der Waals surface area contributed by atoms with E-state index in [1.807, 2.05) is 6.92 Å². The summed E-state index contributed by atoms with van der Waals surface area (Å²) in [5.41, 5.74) is -0.206. The fraction of sp³-hybridized carbons (Fsp3) is 0.545. The molecule has 16 heavy (non-hydrogen) atoms. The molecule has 0 aliphatic heterocycles. The van der Waals surface area contributed by atoms with E-state index in [2.05, 4.69) is 4.74 Å². The number of aliphatic hydroxyl groups is 1. The molecule has 1 atom stereocenters. The summed E-state index contributed by atoms with van der Waals surface area (Å²) in [4.78, 5) is 22.1. The second kappa shape index (κ2) is 7.60. The Bertz CT molecular complexity index is 325. The molecule has 0 heterocycles. The number of unbranched alkanes of at least 4 members (excludes halogenated alkanes) is 2. The van der Waals surface area contributed by atoms with Crippen molar-refractivity contribution >= 4 is 11.9 Å². The molecule has 0 spiro atoms. The zero-order valence-corrected chi connectivity index (χ0v) is 9.40. The molecular weight excluding hydrogens is 210 g/mol. The Morgan fingerprint density at radius 2 is 2.19 bits per heavy atom. The molecule has 5 heteroatoms. The number of rotatable bonds is 5. The van der Waals surface area contributed by atoms with Gasteiger partial charge in [-0.1, -0.05) is 25.8 Å². The maximum absolute atomic E-state index is 11.2. The van der Waals surface area contributed by atoms with E-state index in [9.17, 15) is 9.59 Å². The lowest BCUT2D eigenvalue weighted by molar-refractivity contribution is -0.162. The van der Waals surface area contributed by atoms with Crippen molar-refractivity contribution in [3.05, 3.63) is 11.6 Å². The van der Waals surface area contributed by atoms with Gasteiger partial charge in [0.1, 0.15) is 17.7 Å². The number of hydrogen-bond donors (Lipinski definition) is 1. The lowest BCUT2D eigenvalue weighted by atomic mass is 10.2. The number of carbonyl (C=O) groups excluding carboxylic acids is 2. The summed E-state index contributed by atoms with van der Waals surface area (Å²) in [6.07, 6.45) is 2.43. The molecule has 5 nitrogen and oxygen atoms in total. The van der Waals surface area contributed by atoms with Crippen molar-refractivity contribution in [1.82, 2.24) is 0 Å². The van der Waals surface area contributed by atoms with Gasteiger partial charge in [-0.3, -0.25) is 0 Å². The molecule has 0 amide bonds. The van der Waals surface area contributed by atoms with Crippen LogP contribution in [0.15, 0.2) is 11.6 Å². The molecule has 0 bridgehead atoms. The zero-order valence-electron chi connectivity index (χ0n) is 9.40. The number of aliphatic hydroxyl groups excluding tert-OH is 1. The monoisotopic (exact) mass is 225 g/mol. The molecule has 0 aromatic heterocycles. The molecule has 1 unspecified atom stereocenters. The van der Waals surface area contributed by atoms with Crippen LogP contribution in [0.5, 0.6) is 0 Å². The highest BCUT2D eigenvalue weighted by Gasteiger charge is 2.18. The Morgan fingerprint density at radius 1 is 1.56 bits per heavy atom. The molecule has 0 saturated carbocycles. The SMILES string of the molecule is CCCC/C=C(\C#N)C(=O)OC(=O)C(C)O. The van der Waals surface area contributed by atoms with Gasteiger partial charge in [-0.15, -0.1) is 0 Å². The molecule has 1 N–H and O–H groups in total. The molecule has 0 radical (unpaired) electrons. The number of nitrogens with zero attached hydrogens (tertiary/aromatic N) is 1. The van der Waals surface area contributed by atoms with E-state index in [1.165, 1.54) is 13.0 Å². The van der Waals surface area contributed by atoms with Crippen molar-refractivity contribution in [1.29, 1.82) is 5.26 Å². The average Bonchev–Trinajstić information content (AvgIpc) is 2.24. The molecule has 0 aliphatic carbocycles. The van der Waals surface area contributed by atoms with E-state index in [1.54, 1.807) is 6.07 Å². The Kier molecular flexibility index (Phi) is 6.81. The van der Waals surface area contributed by atoms with E-state index < -0.39 is 18.0 Å². The fourth-order valence-corrected chi connectivity index (χ4v) is 0.857. The van der Waals surface area contributed by atoms with E-state index in [0.717, 1.165) is 12.8 Å². The summed E-state index contributed by atoms with van der Waals surface area (Å²) in [6.45, 7) is 3.16. The summed E-state index contributed by atoms with van der Waals surface area (Å²) in [5.74, 6) is -2.06. The van der Waals surface area contributed by atoms with Crippen molar-refractivity contribution in [2.45, 2.75) is 39.2 Å². The van der Waals surface area contributed by atoms with Gasteiger partial charge in [0.05, 0.1) is 0 Å². The van der Waals surface area contributed by atoms with E-state index in [4.69, 9.17) is 10.4 Å². The highest BCUT2D eigenvalue weighted by atomic mass is 16.6. The van der Waals surface area contributed by atoms with Crippen LogP contribution in [0.25, 0.3) is 0 Å². The van der Waals surface area contributed by atoms with Crippen LogP contribution in [0, 0.1) is 11.3 Å². The number of carbonyl (C=O) groups is 2. The Labute approximate surface area is 94.3 Å². The standard InChI is InChI=1S/C11H15NO4/c1-3-4-5-6-9(7-12)11(15)16-10(14)8(2)13/h6,8,13H,3-5H2,1-2H3/b9-6+. The number of hydrogen-bond acceptors (Lipinski definition) is 5. The number of ether oxygens (including phenoxy) is 1. The van der Waals surface area contributed by atoms with Gasteiger partial charge >= 0.3 is 11.9 Å². The highest BCUT2D eigenvalue weighted by molar-refractivity contribution is 5.99. The Hall–Kier alpha value is -1.67. The van der Waals surface area contributed by atoms with Crippen LogP contribution >= 0.6 is 0 Å². The normalized spacial score (nSPS) is 12.8. The first-order valence-electron chi connectivity index (χ1n) is 5.07. The summed E-state index contributed by atoms with van der Waals surface area (Å²) >= 11 is 0. The van der Waals surface area contributed by atoms with Crippen molar-refractivity contribution in [3.63, 3.8) is 0 Å². The van der Waals surface area contributed by atoms with Gasteiger partial charge in [0.2, 0.25) is 0 Å². The van der Waals surface area contributed by atoms with Gasteiger partial charge in [0.15, 0.2) is 0 Å². The second-order valence-corrected chi connectivity index (χ2v) is 3.26. The quantitative estimate of drug-likeness (QED) is 0.249. The lowest BCUT2D eigenvalue weighted by Crippen LogP contribution is -2.23. The molecule has 0 rings (SSSR count). The fourth-order valence-electron chi connectivity index (χ4n) is 0.857. The van der Waals surface area contributed by atoms with E-state index >= 15 is 0 Å². The van der Waals surface area contributed by atoms with Crippen molar-refractivity contribution in [2.75, 3.05) is 0 Å². The predicted molar refractivity (Wildman–Crippen MR) is 56.0 cm³/mol. The van der Waals surface area contributed by atoms with Gasteiger partial charge in [-0.25, -0.2) is 9.59 Å². The molecule has 0 fully saturated rings. The largest absolute Gasteiger partial charge is 0.387 e. The summed E-state index contributed by atoms with van der Waals surface area (Å²) in [5, 5.41) is 17.5. The minimum Gasteiger partial charge on any atom is -0.387 e. The van der Waals surface area contributed by atoms with Gasteiger partial charge in [0.25, 0.3) is 0 Å². The molecule has 0 saturated heterocycles. The second-order valence-electron chi connectivity index (χ2n) is 3.26. The Balaban J connectivity index is 4.39. The smallest absolute Gasteiger partial charge is 0.356 e. The van der Waals surface area contributed by atoms with Crippen LogP contribution in [-0.4, -0.2) is 23.1 Å². The Morgan fingerprint density at radius 3 is 2.62 bits per heavy atom. The molecule has 88 valence electrons. The first-order valence-corrected chi connectivity index (χ1v) is 5.07. The van der Waals surface area contributed by atoms with Crippen LogP contribution in [0.1, 0.15) is 33.1 Å². The first-order chi connectivity index (χ1) is 7.52. The molecular formula is C11H15NO4. The predicted octanol–water partition coefficient (Wildman–Crippen LogP) is 1.08. The molecule has 0 aromatic rings. The minimum atomic E-state index is -1.38. The topological polar surface area (TPSA) is 87.4 Å². The van der Waals surface area contributed by atoms with Crippen LogP contribution in [0.3, 0.4) is 0 Å². The molecule has 0 aliphatic rings. The first kappa shape index (κ1) is 14.3. The van der Waals surface area contributed by atoms with E-state index in [0.29, 0.717) is 6.42 Å². The maximum Gasteiger partial charge on any atom is 0.356 e. The summed E-state index contributed by atoms with van der Waals surface area (Å²) < 4.78 is 4.28. The summed E-state index contributed by atoms with van der Waals surface area (Å²) in [7, 11) is 0. The lowest BCUT2D eigenvalue weighted by Gasteiger charge is -2.03. The van der Waals surface area contributed by atoms with Crippen molar-refractivity contribution in [3.8, 4) is 6.07 Å². The minimum absolute atomic E-state index is 0.206.